The molecule has 0 saturated carbocycles. The van der Waals surface area contributed by atoms with Crippen molar-refractivity contribution in [3.63, 3.8) is 0 Å². The van der Waals surface area contributed by atoms with Gasteiger partial charge in [0.05, 0.1) is 0 Å². The standard InChI is InChI=1S/C8H15N5S/c9-6-8(1-3-14-4-2-8)5-7-10-12-13-11-7/h1-6,9H2,(H,10,11,12,13). The van der Waals surface area contributed by atoms with E-state index in [2.05, 4.69) is 20.6 Å². The Hall–Kier alpha value is -0.620. The predicted octanol–water partition coefficient (Wildman–Crippen LogP) is 0.214. The van der Waals surface area contributed by atoms with E-state index in [1.54, 1.807) is 0 Å². The molecule has 6 heteroatoms. The van der Waals surface area contributed by atoms with E-state index in [1.807, 2.05) is 11.8 Å². The minimum Gasteiger partial charge on any atom is -0.330 e. The minimum atomic E-state index is 0.217. The van der Waals surface area contributed by atoms with Crippen LogP contribution in [0, 0.1) is 5.41 Å². The van der Waals surface area contributed by atoms with E-state index in [9.17, 15) is 0 Å². The maximum atomic E-state index is 5.86. The number of rotatable bonds is 3. The van der Waals surface area contributed by atoms with Crippen molar-refractivity contribution in [3.8, 4) is 0 Å². The zero-order valence-corrected chi connectivity index (χ0v) is 8.89. The number of nitrogens with zero attached hydrogens (tertiary/aromatic N) is 3. The maximum absolute atomic E-state index is 5.86. The first-order valence-electron chi connectivity index (χ1n) is 4.85. The molecule has 0 radical (unpaired) electrons. The summed E-state index contributed by atoms with van der Waals surface area (Å²) in [6, 6.07) is 0. The van der Waals surface area contributed by atoms with Crippen molar-refractivity contribution in [2.45, 2.75) is 19.3 Å². The monoisotopic (exact) mass is 213 g/mol. The van der Waals surface area contributed by atoms with Gasteiger partial charge in [-0.15, -0.1) is 10.2 Å². The number of aromatic amines is 1. The molecule has 2 heterocycles. The third kappa shape index (κ3) is 2.06. The molecule has 1 aromatic rings. The Balaban J connectivity index is 2.04. The van der Waals surface area contributed by atoms with E-state index in [0.29, 0.717) is 0 Å². The Morgan fingerprint density at radius 2 is 2.21 bits per heavy atom. The van der Waals surface area contributed by atoms with Crippen molar-refractivity contribution in [1.29, 1.82) is 0 Å². The van der Waals surface area contributed by atoms with Gasteiger partial charge in [-0.3, -0.25) is 0 Å². The smallest absolute Gasteiger partial charge is 0.175 e. The first kappa shape index (κ1) is 9.92. The van der Waals surface area contributed by atoms with Crippen LogP contribution in [0.2, 0.25) is 0 Å². The van der Waals surface area contributed by atoms with Gasteiger partial charge in [0.2, 0.25) is 0 Å². The van der Waals surface area contributed by atoms with Crippen LogP contribution in [0.4, 0.5) is 0 Å². The number of hydrogen-bond acceptors (Lipinski definition) is 5. The van der Waals surface area contributed by atoms with E-state index in [4.69, 9.17) is 5.73 Å². The van der Waals surface area contributed by atoms with Crippen molar-refractivity contribution >= 4 is 11.8 Å². The summed E-state index contributed by atoms with van der Waals surface area (Å²) in [6.45, 7) is 0.724. The van der Waals surface area contributed by atoms with Crippen LogP contribution in [-0.2, 0) is 6.42 Å². The molecule has 1 fully saturated rings. The highest BCUT2D eigenvalue weighted by Gasteiger charge is 2.32. The topological polar surface area (TPSA) is 80.5 Å². The predicted molar refractivity (Wildman–Crippen MR) is 55.9 cm³/mol. The number of H-pyrrole nitrogens is 1. The van der Waals surface area contributed by atoms with Crippen molar-refractivity contribution in [2.24, 2.45) is 11.1 Å². The maximum Gasteiger partial charge on any atom is 0.175 e. The van der Waals surface area contributed by atoms with Gasteiger partial charge in [0, 0.05) is 6.42 Å². The minimum absolute atomic E-state index is 0.217. The quantitative estimate of drug-likeness (QED) is 0.750. The molecule has 78 valence electrons. The van der Waals surface area contributed by atoms with Gasteiger partial charge in [0.25, 0.3) is 0 Å². The fourth-order valence-corrected chi connectivity index (χ4v) is 3.21. The Morgan fingerprint density at radius 3 is 2.79 bits per heavy atom. The molecule has 0 atom stereocenters. The fourth-order valence-electron chi connectivity index (χ4n) is 1.85. The first-order valence-corrected chi connectivity index (χ1v) is 6.00. The van der Waals surface area contributed by atoms with E-state index in [1.165, 1.54) is 24.3 Å². The van der Waals surface area contributed by atoms with E-state index in [0.717, 1.165) is 18.8 Å². The average Bonchev–Trinajstić information content (AvgIpc) is 2.72. The van der Waals surface area contributed by atoms with Crippen LogP contribution in [0.1, 0.15) is 18.7 Å². The highest BCUT2D eigenvalue weighted by atomic mass is 32.2. The molecule has 14 heavy (non-hydrogen) atoms. The number of nitrogens with two attached hydrogens (primary N) is 1. The van der Waals surface area contributed by atoms with Crippen molar-refractivity contribution in [1.82, 2.24) is 20.6 Å². The molecular formula is C8H15N5S. The van der Waals surface area contributed by atoms with Gasteiger partial charge in [-0.2, -0.15) is 17.0 Å². The molecular weight excluding hydrogens is 198 g/mol. The van der Waals surface area contributed by atoms with E-state index < -0.39 is 0 Å². The zero-order valence-electron chi connectivity index (χ0n) is 8.07. The second-order valence-electron chi connectivity index (χ2n) is 3.82. The molecule has 1 saturated heterocycles. The summed E-state index contributed by atoms with van der Waals surface area (Å²) in [7, 11) is 0. The Bertz CT molecular complexity index is 267. The number of tetrazole rings is 1. The summed E-state index contributed by atoms with van der Waals surface area (Å²) >= 11 is 2.01. The number of hydrogen-bond donors (Lipinski definition) is 2. The summed E-state index contributed by atoms with van der Waals surface area (Å²) in [5.74, 6) is 3.20. The van der Waals surface area contributed by atoms with Crippen LogP contribution >= 0.6 is 11.8 Å². The van der Waals surface area contributed by atoms with Crippen LogP contribution in [0.5, 0.6) is 0 Å². The van der Waals surface area contributed by atoms with Crippen molar-refractivity contribution in [2.75, 3.05) is 18.1 Å². The van der Waals surface area contributed by atoms with Crippen LogP contribution in [0.25, 0.3) is 0 Å². The average molecular weight is 213 g/mol. The van der Waals surface area contributed by atoms with E-state index >= 15 is 0 Å². The van der Waals surface area contributed by atoms with E-state index in [-0.39, 0.29) is 5.41 Å². The second-order valence-corrected chi connectivity index (χ2v) is 5.05. The van der Waals surface area contributed by atoms with Gasteiger partial charge in [-0.25, -0.2) is 0 Å². The molecule has 0 bridgehead atoms. The summed E-state index contributed by atoms with van der Waals surface area (Å²) < 4.78 is 0. The molecule has 1 aliphatic rings. The number of nitrogens with one attached hydrogen (secondary N) is 1. The molecule has 5 nitrogen and oxygen atoms in total. The summed E-state index contributed by atoms with van der Waals surface area (Å²) in [4.78, 5) is 0. The van der Waals surface area contributed by atoms with Crippen LogP contribution < -0.4 is 5.73 Å². The van der Waals surface area contributed by atoms with Gasteiger partial charge in [0.1, 0.15) is 0 Å². The lowest BCUT2D eigenvalue weighted by atomic mass is 9.79. The molecule has 1 aromatic heterocycles. The fraction of sp³-hybridized carbons (Fsp3) is 0.875. The molecule has 3 N–H and O–H groups in total. The lowest BCUT2D eigenvalue weighted by Gasteiger charge is -2.34. The van der Waals surface area contributed by atoms with Crippen LogP contribution in [0.15, 0.2) is 0 Å². The molecule has 0 aromatic carbocycles. The molecule has 0 aliphatic carbocycles. The SMILES string of the molecule is NCC1(Cc2nn[nH]n2)CCSCC1. The zero-order chi connectivity index (χ0) is 9.86. The van der Waals surface area contributed by atoms with Gasteiger partial charge in [-0.05, 0) is 36.3 Å². The normalized spacial score (nSPS) is 20.9. The van der Waals surface area contributed by atoms with Gasteiger partial charge in [0.15, 0.2) is 5.82 Å². The van der Waals surface area contributed by atoms with Gasteiger partial charge < -0.3 is 5.73 Å². The first-order chi connectivity index (χ1) is 6.85. The number of aromatic nitrogens is 4. The van der Waals surface area contributed by atoms with Crippen LogP contribution in [-0.4, -0.2) is 38.7 Å². The Morgan fingerprint density at radius 1 is 1.43 bits per heavy atom. The highest BCUT2D eigenvalue weighted by molar-refractivity contribution is 7.99. The summed E-state index contributed by atoms with van der Waals surface area (Å²) in [5, 5.41) is 14.0. The summed E-state index contributed by atoms with van der Waals surface area (Å²) in [6.07, 6.45) is 3.20. The third-order valence-corrected chi connectivity index (χ3v) is 3.89. The van der Waals surface area contributed by atoms with Gasteiger partial charge in [-0.1, -0.05) is 5.21 Å². The van der Waals surface area contributed by atoms with Gasteiger partial charge >= 0.3 is 0 Å². The van der Waals surface area contributed by atoms with Crippen LogP contribution in [0.3, 0.4) is 0 Å². The summed E-state index contributed by atoms with van der Waals surface area (Å²) in [5.41, 5.74) is 6.08. The lowest BCUT2D eigenvalue weighted by Crippen LogP contribution is -2.36. The Kier molecular flexibility index (Phi) is 3.02. The van der Waals surface area contributed by atoms with Crippen molar-refractivity contribution in [3.05, 3.63) is 5.82 Å². The largest absolute Gasteiger partial charge is 0.330 e. The molecule has 1 aliphatic heterocycles. The third-order valence-electron chi connectivity index (χ3n) is 2.91. The molecule has 0 amide bonds. The molecule has 2 rings (SSSR count). The molecule has 0 unspecified atom stereocenters. The van der Waals surface area contributed by atoms with Crippen molar-refractivity contribution < 1.29 is 0 Å². The second kappa shape index (κ2) is 4.27. The Labute approximate surface area is 87.2 Å². The lowest BCUT2D eigenvalue weighted by molar-refractivity contribution is 0.264. The number of thioether (sulfide) groups is 1. The molecule has 0 spiro atoms. The highest BCUT2D eigenvalue weighted by Crippen LogP contribution is 2.36.